The SMILES string of the molecule is CCC(C)Cc1c(C)sc2nc(SCC(=O)Nc3ccc(OC)cc3)[nH]c(=O)c12. The van der Waals surface area contributed by atoms with Gasteiger partial charge in [0.25, 0.3) is 5.56 Å². The maximum atomic E-state index is 12.7. The lowest BCUT2D eigenvalue weighted by molar-refractivity contribution is -0.113. The molecule has 0 aliphatic rings. The van der Waals surface area contributed by atoms with Crippen molar-refractivity contribution in [3.05, 3.63) is 45.1 Å². The number of methoxy groups -OCH3 is 1. The molecule has 6 nitrogen and oxygen atoms in total. The average molecular weight is 432 g/mol. The van der Waals surface area contributed by atoms with Gasteiger partial charge in [0.05, 0.1) is 18.2 Å². The number of hydrogen-bond donors (Lipinski definition) is 2. The van der Waals surface area contributed by atoms with Gasteiger partial charge in [-0.15, -0.1) is 11.3 Å². The maximum absolute atomic E-state index is 12.7. The Morgan fingerprint density at radius 1 is 1.34 bits per heavy atom. The highest BCUT2D eigenvalue weighted by molar-refractivity contribution is 7.99. The van der Waals surface area contributed by atoms with Gasteiger partial charge in [0.2, 0.25) is 5.91 Å². The van der Waals surface area contributed by atoms with E-state index >= 15 is 0 Å². The Morgan fingerprint density at radius 2 is 2.07 bits per heavy atom. The molecule has 0 bridgehead atoms. The molecule has 3 rings (SSSR count). The van der Waals surface area contributed by atoms with Gasteiger partial charge < -0.3 is 15.0 Å². The highest BCUT2D eigenvalue weighted by Gasteiger charge is 2.17. The average Bonchev–Trinajstić information content (AvgIpc) is 3.02. The zero-order valence-electron chi connectivity index (χ0n) is 17.0. The van der Waals surface area contributed by atoms with Crippen LogP contribution >= 0.6 is 23.1 Å². The lowest BCUT2D eigenvalue weighted by Crippen LogP contribution is -2.15. The van der Waals surface area contributed by atoms with Gasteiger partial charge in [0, 0.05) is 10.6 Å². The summed E-state index contributed by atoms with van der Waals surface area (Å²) in [6.45, 7) is 6.39. The first kappa shape index (κ1) is 21.4. The van der Waals surface area contributed by atoms with Gasteiger partial charge in [0.15, 0.2) is 5.16 Å². The number of benzene rings is 1. The Hall–Kier alpha value is -2.32. The van der Waals surface area contributed by atoms with Gasteiger partial charge in [-0.3, -0.25) is 9.59 Å². The number of aromatic amines is 1. The molecule has 0 aliphatic carbocycles. The van der Waals surface area contributed by atoms with Gasteiger partial charge in [-0.25, -0.2) is 4.98 Å². The first-order valence-corrected chi connectivity index (χ1v) is 11.3. The Balaban J connectivity index is 1.70. The van der Waals surface area contributed by atoms with Gasteiger partial charge in [-0.05, 0) is 49.1 Å². The zero-order valence-corrected chi connectivity index (χ0v) is 18.6. The third-order valence-corrected chi connectivity index (χ3v) is 6.72. The van der Waals surface area contributed by atoms with E-state index in [-0.39, 0.29) is 17.2 Å². The number of fused-ring (bicyclic) bond motifs is 1. The molecule has 154 valence electrons. The minimum absolute atomic E-state index is 0.129. The fourth-order valence-electron chi connectivity index (χ4n) is 2.97. The summed E-state index contributed by atoms with van der Waals surface area (Å²) in [6, 6.07) is 7.12. The predicted octanol–water partition coefficient (Wildman–Crippen LogP) is 4.62. The number of amides is 1. The van der Waals surface area contributed by atoms with Crippen LogP contribution in [0.15, 0.2) is 34.2 Å². The van der Waals surface area contributed by atoms with Gasteiger partial charge in [-0.1, -0.05) is 32.0 Å². The number of thiophene rings is 1. The number of carbonyl (C=O) groups is 1. The van der Waals surface area contributed by atoms with Crippen LogP contribution < -0.4 is 15.6 Å². The van der Waals surface area contributed by atoms with Crippen LogP contribution in [0.25, 0.3) is 10.2 Å². The summed E-state index contributed by atoms with van der Waals surface area (Å²) in [6.07, 6.45) is 1.95. The van der Waals surface area contributed by atoms with E-state index in [4.69, 9.17) is 4.74 Å². The van der Waals surface area contributed by atoms with Gasteiger partial charge >= 0.3 is 0 Å². The Kier molecular flexibility index (Phi) is 6.97. The first-order valence-electron chi connectivity index (χ1n) is 9.50. The molecule has 2 aromatic heterocycles. The van der Waals surface area contributed by atoms with Crippen molar-refractivity contribution in [2.75, 3.05) is 18.2 Å². The molecule has 0 saturated heterocycles. The standard InChI is InChI=1S/C21H25N3O3S2/c1-5-12(2)10-16-13(3)29-20-18(16)19(26)23-21(24-20)28-11-17(25)22-14-6-8-15(27-4)9-7-14/h6-9,12H,5,10-11H2,1-4H3,(H,22,25)(H,23,24,26). The highest BCUT2D eigenvalue weighted by Crippen LogP contribution is 2.30. The third kappa shape index (κ3) is 5.19. The number of carbonyl (C=O) groups excluding carboxylic acids is 1. The van der Waals surface area contributed by atoms with E-state index in [2.05, 4.69) is 29.1 Å². The summed E-state index contributed by atoms with van der Waals surface area (Å²) in [5.74, 6) is 1.24. The minimum Gasteiger partial charge on any atom is -0.497 e. The number of nitrogens with zero attached hydrogens (tertiary/aromatic N) is 1. The fourth-order valence-corrected chi connectivity index (χ4v) is 4.74. The highest BCUT2D eigenvalue weighted by atomic mass is 32.2. The largest absolute Gasteiger partial charge is 0.497 e. The summed E-state index contributed by atoms with van der Waals surface area (Å²) in [7, 11) is 1.59. The molecular weight excluding hydrogens is 406 g/mol. The Labute approximate surface area is 178 Å². The van der Waals surface area contributed by atoms with Crippen molar-refractivity contribution in [1.82, 2.24) is 9.97 Å². The second-order valence-electron chi connectivity index (χ2n) is 6.97. The van der Waals surface area contributed by atoms with Crippen LogP contribution in [0.4, 0.5) is 5.69 Å². The van der Waals surface area contributed by atoms with Crippen LogP contribution in [0.2, 0.25) is 0 Å². The van der Waals surface area contributed by atoms with Crippen molar-refractivity contribution in [3.8, 4) is 5.75 Å². The van der Waals surface area contributed by atoms with E-state index in [9.17, 15) is 9.59 Å². The Morgan fingerprint density at radius 3 is 2.72 bits per heavy atom. The van der Waals surface area contributed by atoms with Crippen LogP contribution in [0, 0.1) is 12.8 Å². The van der Waals surface area contributed by atoms with Crippen molar-refractivity contribution in [2.45, 2.75) is 38.8 Å². The number of thioether (sulfide) groups is 1. The molecule has 0 fully saturated rings. The van der Waals surface area contributed by atoms with Gasteiger partial charge in [0.1, 0.15) is 10.6 Å². The second-order valence-corrected chi connectivity index (χ2v) is 9.14. The number of aromatic nitrogens is 2. The topological polar surface area (TPSA) is 84.1 Å². The molecule has 1 atom stereocenters. The molecule has 8 heteroatoms. The number of H-pyrrole nitrogens is 1. The molecule has 1 unspecified atom stereocenters. The number of aryl methyl sites for hydroxylation is 1. The molecule has 0 radical (unpaired) electrons. The van der Waals surface area contributed by atoms with Crippen molar-refractivity contribution < 1.29 is 9.53 Å². The molecule has 29 heavy (non-hydrogen) atoms. The van der Waals surface area contributed by atoms with E-state index in [1.165, 1.54) is 11.8 Å². The normalized spacial score (nSPS) is 12.1. The molecule has 2 heterocycles. The number of ether oxygens (including phenoxy) is 1. The molecule has 1 aromatic carbocycles. The number of hydrogen-bond acceptors (Lipinski definition) is 6. The Bertz CT molecular complexity index is 1060. The van der Waals surface area contributed by atoms with Crippen molar-refractivity contribution in [2.24, 2.45) is 5.92 Å². The molecule has 3 aromatic rings. The van der Waals surface area contributed by atoms with Crippen LogP contribution in [-0.2, 0) is 11.2 Å². The lowest BCUT2D eigenvalue weighted by Gasteiger charge is -2.08. The predicted molar refractivity (Wildman–Crippen MR) is 120 cm³/mol. The van der Waals surface area contributed by atoms with Crippen molar-refractivity contribution >= 4 is 44.9 Å². The zero-order chi connectivity index (χ0) is 21.0. The maximum Gasteiger partial charge on any atom is 0.260 e. The van der Waals surface area contributed by atoms with Crippen molar-refractivity contribution in [1.29, 1.82) is 0 Å². The minimum atomic E-state index is -0.164. The van der Waals surface area contributed by atoms with Crippen LogP contribution in [0.3, 0.4) is 0 Å². The van der Waals surface area contributed by atoms with Crippen molar-refractivity contribution in [3.63, 3.8) is 0 Å². The van der Waals surface area contributed by atoms with E-state index in [1.54, 1.807) is 42.7 Å². The summed E-state index contributed by atoms with van der Waals surface area (Å²) in [4.78, 5) is 34.2. The molecule has 0 saturated carbocycles. The fraction of sp³-hybridized carbons (Fsp3) is 0.381. The molecule has 2 N–H and O–H groups in total. The molecule has 0 spiro atoms. The quantitative estimate of drug-likeness (QED) is 0.402. The van der Waals surface area contributed by atoms with Crippen LogP contribution in [0.1, 0.15) is 30.7 Å². The number of anilines is 1. The van der Waals surface area contributed by atoms with E-state index < -0.39 is 0 Å². The first-order chi connectivity index (χ1) is 13.9. The molecule has 1 amide bonds. The second kappa shape index (κ2) is 9.45. The summed E-state index contributed by atoms with van der Waals surface area (Å²) < 4.78 is 5.11. The number of rotatable bonds is 8. The molecular formula is C21H25N3O3S2. The van der Waals surface area contributed by atoms with Crippen LogP contribution in [0.5, 0.6) is 5.75 Å². The van der Waals surface area contributed by atoms with E-state index in [0.717, 1.165) is 33.9 Å². The summed E-state index contributed by atoms with van der Waals surface area (Å²) in [5, 5.41) is 3.98. The van der Waals surface area contributed by atoms with Crippen LogP contribution in [-0.4, -0.2) is 28.7 Å². The lowest BCUT2D eigenvalue weighted by atomic mass is 9.98. The summed E-state index contributed by atoms with van der Waals surface area (Å²) in [5.41, 5.74) is 1.66. The summed E-state index contributed by atoms with van der Waals surface area (Å²) >= 11 is 2.76. The smallest absolute Gasteiger partial charge is 0.260 e. The van der Waals surface area contributed by atoms with E-state index in [1.807, 2.05) is 6.92 Å². The number of nitrogens with one attached hydrogen (secondary N) is 2. The third-order valence-electron chi connectivity index (χ3n) is 4.80. The van der Waals surface area contributed by atoms with E-state index in [0.29, 0.717) is 22.1 Å². The van der Waals surface area contributed by atoms with Gasteiger partial charge in [-0.2, -0.15) is 0 Å². The monoisotopic (exact) mass is 431 g/mol. The molecule has 0 aliphatic heterocycles.